The summed E-state index contributed by atoms with van der Waals surface area (Å²) in [5, 5.41) is 0. The van der Waals surface area contributed by atoms with E-state index < -0.39 is 11.9 Å². The van der Waals surface area contributed by atoms with Crippen LogP contribution >= 0.6 is 0 Å². The molecule has 22 heavy (non-hydrogen) atoms. The summed E-state index contributed by atoms with van der Waals surface area (Å²) in [5.41, 5.74) is 1.39. The molecule has 2 aromatic rings. The van der Waals surface area contributed by atoms with Crippen molar-refractivity contribution in [3.63, 3.8) is 0 Å². The van der Waals surface area contributed by atoms with E-state index in [4.69, 9.17) is 0 Å². The Balaban J connectivity index is 0.00000102. The van der Waals surface area contributed by atoms with E-state index >= 15 is 0 Å². The minimum Gasteiger partial charge on any atom is -0.256 e. The van der Waals surface area contributed by atoms with Crippen molar-refractivity contribution >= 4 is 0 Å². The molecular weight excluding hydrogens is 282 g/mol. The molecule has 0 saturated heterocycles. The maximum atomic E-state index is 13.9. The fourth-order valence-corrected chi connectivity index (χ4v) is 1.87. The lowest BCUT2D eigenvalue weighted by Crippen LogP contribution is -2.03. The molecule has 122 valence electrons. The maximum absolute atomic E-state index is 13.9. The van der Waals surface area contributed by atoms with Crippen LogP contribution in [0.5, 0.6) is 0 Å². The van der Waals surface area contributed by atoms with Crippen LogP contribution in [0.25, 0.3) is 11.3 Å². The standard InChI is InChI=1S/C14H14F2N2.2C2H6/c1-3-9(2)10-8-12(15)18-14(16)13(10)11-6-4-5-7-17-11;2*1-2/h4-9H,3H2,1-2H3;2*1-2H3. The van der Waals surface area contributed by atoms with Crippen LogP contribution in [0.15, 0.2) is 30.5 Å². The lowest BCUT2D eigenvalue weighted by atomic mass is 9.93. The Bertz CT molecular complexity index is 542. The summed E-state index contributed by atoms with van der Waals surface area (Å²) in [4.78, 5) is 7.37. The van der Waals surface area contributed by atoms with Crippen molar-refractivity contribution in [2.75, 3.05) is 0 Å². The van der Waals surface area contributed by atoms with Gasteiger partial charge in [-0.2, -0.15) is 13.8 Å². The molecule has 1 unspecified atom stereocenters. The second kappa shape index (κ2) is 10.8. The molecule has 0 N–H and O–H groups in total. The van der Waals surface area contributed by atoms with Gasteiger partial charge in [-0.3, -0.25) is 4.98 Å². The Labute approximate surface area is 132 Å². The van der Waals surface area contributed by atoms with Crippen LogP contribution in [0.2, 0.25) is 0 Å². The van der Waals surface area contributed by atoms with Crippen LogP contribution in [0.3, 0.4) is 0 Å². The third-order valence-electron chi connectivity index (χ3n) is 3.04. The third kappa shape index (κ3) is 5.17. The summed E-state index contributed by atoms with van der Waals surface area (Å²) in [5.74, 6) is -1.54. The van der Waals surface area contributed by atoms with Crippen molar-refractivity contribution in [1.29, 1.82) is 0 Å². The fourth-order valence-electron chi connectivity index (χ4n) is 1.87. The van der Waals surface area contributed by atoms with E-state index in [9.17, 15) is 8.78 Å². The molecule has 0 aromatic carbocycles. The maximum Gasteiger partial charge on any atom is 0.225 e. The molecule has 2 nitrogen and oxygen atoms in total. The van der Waals surface area contributed by atoms with Gasteiger partial charge < -0.3 is 0 Å². The minimum atomic E-state index is -0.802. The highest BCUT2D eigenvalue weighted by atomic mass is 19.1. The summed E-state index contributed by atoms with van der Waals surface area (Å²) in [7, 11) is 0. The third-order valence-corrected chi connectivity index (χ3v) is 3.04. The van der Waals surface area contributed by atoms with Gasteiger partial charge in [0.2, 0.25) is 11.9 Å². The van der Waals surface area contributed by atoms with Gasteiger partial charge in [0.25, 0.3) is 0 Å². The van der Waals surface area contributed by atoms with Crippen LogP contribution in [0, 0.1) is 11.9 Å². The van der Waals surface area contributed by atoms with Gasteiger partial charge in [-0.05, 0) is 36.1 Å². The highest BCUT2D eigenvalue weighted by molar-refractivity contribution is 5.63. The van der Waals surface area contributed by atoms with Crippen molar-refractivity contribution in [3.05, 3.63) is 47.9 Å². The summed E-state index contributed by atoms with van der Waals surface area (Å²) in [6.45, 7) is 11.9. The Hall–Kier alpha value is -1.84. The van der Waals surface area contributed by atoms with Crippen molar-refractivity contribution in [2.45, 2.75) is 53.9 Å². The van der Waals surface area contributed by atoms with E-state index in [-0.39, 0.29) is 5.92 Å². The first-order chi connectivity index (χ1) is 10.6. The van der Waals surface area contributed by atoms with Crippen LogP contribution in [0.1, 0.15) is 59.4 Å². The molecule has 0 amide bonds. The number of pyridine rings is 2. The summed E-state index contributed by atoms with van der Waals surface area (Å²) >= 11 is 0. The van der Waals surface area contributed by atoms with Gasteiger partial charge in [0.05, 0.1) is 11.3 Å². The zero-order valence-corrected chi connectivity index (χ0v) is 14.3. The zero-order chi connectivity index (χ0) is 17.1. The van der Waals surface area contributed by atoms with Gasteiger partial charge in [-0.25, -0.2) is 0 Å². The van der Waals surface area contributed by atoms with Gasteiger partial charge in [-0.15, -0.1) is 0 Å². The van der Waals surface area contributed by atoms with Crippen LogP contribution < -0.4 is 0 Å². The summed E-state index contributed by atoms with van der Waals surface area (Å²) < 4.78 is 27.2. The van der Waals surface area contributed by atoms with Crippen molar-refractivity contribution in [2.24, 2.45) is 0 Å². The topological polar surface area (TPSA) is 25.8 Å². The first kappa shape index (κ1) is 20.2. The average molecular weight is 308 g/mol. The highest BCUT2D eigenvalue weighted by Crippen LogP contribution is 2.31. The van der Waals surface area contributed by atoms with Crippen LogP contribution in [-0.4, -0.2) is 9.97 Å². The Kier molecular flexibility index (Phi) is 9.92. The van der Waals surface area contributed by atoms with E-state index in [0.717, 1.165) is 6.42 Å². The normalized spacial score (nSPS) is 10.7. The van der Waals surface area contributed by atoms with Crippen LogP contribution in [0.4, 0.5) is 8.78 Å². The van der Waals surface area contributed by atoms with Gasteiger partial charge in [-0.1, -0.05) is 47.6 Å². The molecule has 2 heterocycles. The number of nitrogens with zero attached hydrogens (tertiary/aromatic N) is 2. The lowest BCUT2D eigenvalue weighted by molar-refractivity contribution is 0.508. The first-order valence-corrected chi connectivity index (χ1v) is 7.90. The number of hydrogen-bond donors (Lipinski definition) is 0. The monoisotopic (exact) mass is 308 g/mol. The zero-order valence-electron chi connectivity index (χ0n) is 14.3. The lowest BCUT2D eigenvalue weighted by Gasteiger charge is -2.14. The number of halogens is 2. The Morgan fingerprint density at radius 1 is 1.09 bits per heavy atom. The molecule has 0 saturated carbocycles. The average Bonchev–Trinajstić information content (AvgIpc) is 2.58. The molecule has 0 spiro atoms. The number of hydrogen-bond acceptors (Lipinski definition) is 2. The first-order valence-electron chi connectivity index (χ1n) is 7.90. The van der Waals surface area contributed by atoms with Gasteiger partial charge in [0.1, 0.15) is 0 Å². The van der Waals surface area contributed by atoms with Crippen molar-refractivity contribution in [3.8, 4) is 11.3 Å². The highest BCUT2D eigenvalue weighted by Gasteiger charge is 2.18. The Morgan fingerprint density at radius 3 is 2.23 bits per heavy atom. The van der Waals surface area contributed by atoms with Gasteiger partial charge >= 0.3 is 0 Å². The second-order valence-electron chi connectivity index (χ2n) is 4.22. The van der Waals surface area contributed by atoms with Crippen LogP contribution in [-0.2, 0) is 0 Å². The smallest absolute Gasteiger partial charge is 0.225 e. The van der Waals surface area contributed by atoms with E-state index in [1.165, 1.54) is 6.07 Å². The molecule has 0 radical (unpaired) electrons. The van der Waals surface area contributed by atoms with Gasteiger partial charge in [0, 0.05) is 6.20 Å². The molecule has 4 heteroatoms. The van der Waals surface area contributed by atoms with Gasteiger partial charge in [0.15, 0.2) is 0 Å². The predicted molar refractivity (Wildman–Crippen MR) is 88.8 cm³/mol. The SMILES string of the molecule is CC.CC.CCC(C)c1cc(F)nc(F)c1-c1ccccn1. The molecule has 0 aliphatic carbocycles. The summed E-state index contributed by atoms with van der Waals surface area (Å²) in [6, 6.07) is 6.51. The summed E-state index contributed by atoms with van der Waals surface area (Å²) in [6.07, 6.45) is 2.38. The fraction of sp³-hybridized carbons (Fsp3) is 0.444. The quantitative estimate of drug-likeness (QED) is 0.651. The van der Waals surface area contributed by atoms with E-state index in [1.807, 2.05) is 41.5 Å². The van der Waals surface area contributed by atoms with Crippen molar-refractivity contribution < 1.29 is 8.78 Å². The van der Waals surface area contributed by atoms with E-state index in [1.54, 1.807) is 24.4 Å². The molecule has 0 aliphatic rings. The molecule has 2 aromatic heterocycles. The number of aromatic nitrogens is 2. The largest absolute Gasteiger partial charge is 0.256 e. The molecule has 0 fully saturated rings. The minimum absolute atomic E-state index is 0.0500. The predicted octanol–water partition coefficient (Wildman–Crippen LogP) is 5.99. The van der Waals surface area contributed by atoms with E-state index in [2.05, 4.69) is 9.97 Å². The molecular formula is C18H26F2N2. The second-order valence-corrected chi connectivity index (χ2v) is 4.22. The molecule has 0 aliphatic heterocycles. The molecule has 1 atom stereocenters. The molecule has 0 bridgehead atoms. The van der Waals surface area contributed by atoms with E-state index in [0.29, 0.717) is 16.8 Å². The number of rotatable bonds is 3. The van der Waals surface area contributed by atoms with Crippen molar-refractivity contribution in [1.82, 2.24) is 9.97 Å². The molecule has 2 rings (SSSR count). The Morgan fingerprint density at radius 2 is 1.73 bits per heavy atom.